The van der Waals surface area contributed by atoms with E-state index in [2.05, 4.69) is 28.8 Å². The number of ether oxygens (including phenoxy) is 3. The number of aliphatic imine (C=N–C) groups is 1. The predicted molar refractivity (Wildman–Crippen MR) is 114 cm³/mol. The molecule has 2 rings (SSSR count). The second-order valence-electron chi connectivity index (χ2n) is 6.30. The van der Waals surface area contributed by atoms with Gasteiger partial charge >= 0.3 is 0 Å². The Morgan fingerprint density at radius 1 is 0.964 bits per heavy atom. The largest absolute Gasteiger partial charge is 0.493 e. The molecule has 2 N–H and O–H groups in total. The Morgan fingerprint density at radius 3 is 2.57 bits per heavy atom. The first kappa shape index (κ1) is 21.7. The predicted octanol–water partition coefficient (Wildman–Crippen LogP) is 3.83. The zero-order chi connectivity index (χ0) is 20.0. The quantitative estimate of drug-likeness (QED) is 0.350. The SMILES string of the molecule is CCNC(=NCc1cccc(COC)c1)Nc1cccc(OCCCOC)c1. The smallest absolute Gasteiger partial charge is 0.196 e. The average molecular weight is 386 g/mol. The molecule has 0 aliphatic carbocycles. The summed E-state index contributed by atoms with van der Waals surface area (Å²) in [6, 6.07) is 16.1. The molecule has 0 atom stereocenters. The molecule has 0 aliphatic rings. The number of methoxy groups -OCH3 is 2. The number of rotatable bonds is 11. The molecular formula is C22H31N3O3. The van der Waals surface area contributed by atoms with Crippen molar-refractivity contribution in [3.05, 3.63) is 59.7 Å². The van der Waals surface area contributed by atoms with Gasteiger partial charge in [-0.15, -0.1) is 0 Å². The van der Waals surface area contributed by atoms with Crippen LogP contribution in [-0.2, 0) is 22.6 Å². The van der Waals surface area contributed by atoms with E-state index in [9.17, 15) is 0 Å². The minimum atomic E-state index is 0.583. The molecule has 2 aromatic rings. The number of benzene rings is 2. The van der Waals surface area contributed by atoms with Gasteiger partial charge in [-0.05, 0) is 30.2 Å². The molecule has 6 heteroatoms. The third-order valence-electron chi connectivity index (χ3n) is 3.92. The van der Waals surface area contributed by atoms with E-state index in [1.165, 1.54) is 0 Å². The van der Waals surface area contributed by atoms with Gasteiger partial charge in [-0.25, -0.2) is 4.99 Å². The molecule has 0 saturated heterocycles. The van der Waals surface area contributed by atoms with Gasteiger partial charge in [0.15, 0.2) is 5.96 Å². The van der Waals surface area contributed by atoms with E-state index in [1.54, 1.807) is 14.2 Å². The second kappa shape index (κ2) is 12.8. The van der Waals surface area contributed by atoms with Gasteiger partial charge in [0.1, 0.15) is 5.75 Å². The van der Waals surface area contributed by atoms with Crippen LogP contribution in [0.4, 0.5) is 5.69 Å². The zero-order valence-corrected chi connectivity index (χ0v) is 17.0. The van der Waals surface area contributed by atoms with Gasteiger partial charge in [0, 0.05) is 45.5 Å². The Balaban J connectivity index is 1.99. The lowest BCUT2D eigenvalue weighted by Crippen LogP contribution is -2.30. The number of anilines is 1. The summed E-state index contributed by atoms with van der Waals surface area (Å²) in [5.74, 6) is 1.56. The van der Waals surface area contributed by atoms with E-state index in [0.717, 1.165) is 41.5 Å². The van der Waals surface area contributed by atoms with Crippen molar-refractivity contribution in [2.24, 2.45) is 4.99 Å². The summed E-state index contributed by atoms with van der Waals surface area (Å²) in [5, 5.41) is 6.62. The fourth-order valence-corrected chi connectivity index (χ4v) is 2.66. The standard InChI is InChI=1S/C22H31N3O3/c1-4-23-22(24-16-18-8-5-9-19(14-18)17-27-3)25-20-10-6-11-21(15-20)28-13-7-12-26-2/h5-6,8-11,14-15H,4,7,12-13,16-17H2,1-3H3,(H2,23,24,25). The molecule has 0 aliphatic heterocycles. The highest BCUT2D eigenvalue weighted by Gasteiger charge is 2.02. The van der Waals surface area contributed by atoms with Crippen molar-refractivity contribution in [1.29, 1.82) is 0 Å². The molecule has 0 bridgehead atoms. The number of guanidine groups is 1. The maximum atomic E-state index is 5.76. The van der Waals surface area contributed by atoms with Gasteiger partial charge in [-0.1, -0.05) is 30.3 Å². The summed E-state index contributed by atoms with van der Waals surface area (Å²) in [4.78, 5) is 4.69. The third-order valence-corrected chi connectivity index (χ3v) is 3.92. The minimum Gasteiger partial charge on any atom is -0.493 e. The Labute approximate surface area is 167 Å². The van der Waals surface area contributed by atoms with Crippen LogP contribution in [-0.4, -0.2) is 39.9 Å². The number of nitrogens with one attached hydrogen (secondary N) is 2. The van der Waals surface area contributed by atoms with Gasteiger partial charge in [0.05, 0.1) is 19.8 Å². The van der Waals surface area contributed by atoms with Crippen molar-refractivity contribution in [2.75, 3.05) is 39.3 Å². The van der Waals surface area contributed by atoms with Gasteiger partial charge in [-0.3, -0.25) is 0 Å². The monoisotopic (exact) mass is 385 g/mol. The fraction of sp³-hybridized carbons (Fsp3) is 0.409. The van der Waals surface area contributed by atoms with Gasteiger partial charge < -0.3 is 24.8 Å². The highest BCUT2D eigenvalue weighted by molar-refractivity contribution is 5.93. The Morgan fingerprint density at radius 2 is 1.79 bits per heavy atom. The van der Waals surface area contributed by atoms with Crippen molar-refractivity contribution in [2.45, 2.75) is 26.5 Å². The molecule has 0 spiro atoms. The van der Waals surface area contributed by atoms with Crippen LogP contribution in [0.5, 0.6) is 5.75 Å². The molecule has 0 unspecified atom stereocenters. The molecule has 0 saturated carbocycles. The molecule has 0 heterocycles. The van der Waals surface area contributed by atoms with E-state index in [-0.39, 0.29) is 0 Å². The van der Waals surface area contributed by atoms with Crippen LogP contribution in [0.25, 0.3) is 0 Å². The molecule has 2 aromatic carbocycles. The van der Waals surface area contributed by atoms with Crippen LogP contribution < -0.4 is 15.4 Å². The van der Waals surface area contributed by atoms with Gasteiger partial charge in [-0.2, -0.15) is 0 Å². The molecule has 152 valence electrons. The maximum absolute atomic E-state index is 5.76. The Bertz CT molecular complexity index is 734. The second-order valence-corrected chi connectivity index (χ2v) is 6.30. The summed E-state index contributed by atoms with van der Waals surface area (Å²) in [5.41, 5.74) is 3.21. The molecule has 0 aromatic heterocycles. The molecule has 6 nitrogen and oxygen atoms in total. The Hall–Kier alpha value is -2.57. The highest BCUT2D eigenvalue weighted by atomic mass is 16.5. The minimum absolute atomic E-state index is 0.583. The van der Waals surface area contributed by atoms with Crippen LogP contribution in [0.15, 0.2) is 53.5 Å². The lowest BCUT2D eigenvalue weighted by Gasteiger charge is -2.13. The Kier molecular flexibility index (Phi) is 9.89. The van der Waals surface area contributed by atoms with E-state index in [1.807, 2.05) is 37.3 Å². The van der Waals surface area contributed by atoms with Crippen LogP contribution in [0, 0.1) is 0 Å². The molecule has 0 amide bonds. The van der Waals surface area contributed by atoms with Gasteiger partial charge in [0.25, 0.3) is 0 Å². The van der Waals surface area contributed by atoms with Crippen LogP contribution >= 0.6 is 0 Å². The van der Waals surface area contributed by atoms with Crippen molar-refractivity contribution in [1.82, 2.24) is 5.32 Å². The summed E-state index contributed by atoms with van der Waals surface area (Å²) in [7, 11) is 3.40. The third kappa shape index (κ3) is 7.98. The first-order valence-corrected chi connectivity index (χ1v) is 9.59. The van der Waals surface area contributed by atoms with Crippen LogP contribution in [0.2, 0.25) is 0 Å². The fourth-order valence-electron chi connectivity index (χ4n) is 2.66. The van der Waals surface area contributed by atoms with E-state index in [0.29, 0.717) is 26.4 Å². The molecule has 28 heavy (non-hydrogen) atoms. The first-order chi connectivity index (χ1) is 13.7. The number of hydrogen-bond acceptors (Lipinski definition) is 4. The average Bonchev–Trinajstić information content (AvgIpc) is 2.71. The van der Waals surface area contributed by atoms with Crippen molar-refractivity contribution in [3.8, 4) is 5.75 Å². The summed E-state index contributed by atoms with van der Waals surface area (Å²) in [6.07, 6.45) is 0.861. The normalized spacial score (nSPS) is 11.3. The summed E-state index contributed by atoms with van der Waals surface area (Å²) >= 11 is 0. The van der Waals surface area contributed by atoms with E-state index in [4.69, 9.17) is 19.2 Å². The first-order valence-electron chi connectivity index (χ1n) is 9.59. The van der Waals surface area contributed by atoms with E-state index < -0.39 is 0 Å². The van der Waals surface area contributed by atoms with E-state index >= 15 is 0 Å². The zero-order valence-electron chi connectivity index (χ0n) is 17.0. The molecule has 0 fully saturated rings. The molecular weight excluding hydrogens is 354 g/mol. The summed E-state index contributed by atoms with van der Waals surface area (Å²) < 4.78 is 16.0. The summed E-state index contributed by atoms with van der Waals surface area (Å²) in [6.45, 7) is 5.34. The van der Waals surface area contributed by atoms with Gasteiger partial charge in [0.2, 0.25) is 0 Å². The van der Waals surface area contributed by atoms with Crippen molar-refractivity contribution < 1.29 is 14.2 Å². The topological polar surface area (TPSA) is 64.1 Å². The number of nitrogens with zero attached hydrogens (tertiary/aromatic N) is 1. The van der Waals surface area contributed by atoms with Crippen LogP contribution in [0.1, 0.15) is 24.5 Å². The molecule has 0 radical (unpaired) electrons. The van der Waals surface area contributed by atoms with Crippen LogP contribution in [0.3, 0.4) is 0 Å². The van der Waals surface area contributed by atoms with Crippen molar-refractivity contribution in [3.63, 3.8) is 0 Å². The lowest BCUT2D eigenvalue weighted by atomic mass is 10.1. The van der Waals surface area contributed by atoms with Crippen molar-refractivity contribution >= 4 is 11.6 Å². The highest BCUT2D eigenvalue weighted by Crippen LogP contribution is 2.17. The maximum Gasteiger partial charge on any atom is 0.196 e. The number of hydrogen-bond donors (Lipinski definition) is 2. The lowest BCUT2D eigenvalue weighted by molar-refractivity contribution is 0.172.